The minimum Gasteiger partial charge on any atom is -0.349 e. The number of hydrogen-bond acceptors (Lipinski definition) is 3. The fourth-order valence-corrected chi connectivity index (χ4v) is 2.20. The molecule has 2 amide bonds. The lowest BCUT2D eigenvalue weighted by molar-refractivity contribution is -0.142. The lowest BCUT2D eigenvalue weighted by Gasteiger charge is -2.37. The van der Waals surface area contributed by atoms with Gasteiger partial charge in [-0.1, -0.05) is 0 Å². The zero-order valence-electron chi connectivity index (χ0n) is 12.1. The lowest BCUT2D eigenvalue weighted by atomic mass is 9.93. The minimum absolute atomic E-state index is 0.0711. The average Bonchev–Trinajstić information content (AvgIpc) is 2.37. The van der Waals surface area contributed by atoms with Crippen molar-refractivity contribution in [3.05, 3.63) is 0 Å². The van der Waals surface area contributed by atoms with Gasteiger partial charge in [0.15, 0.2) is 0 Å². The van der Waals surface area contributed by atoms with Crippen molar-refractivity contribution in [3.63, 3.8) is 0 Å². The molecule has 5 heteroatoms. The summed E-state index contributed by atoms with van der Waals surface area (Å²) in [7, 11) is 5.36. The third-order valence-electron chi connectivity index (χ3n) is 3.73. The molecule has 1 fully saturated rings. The monoisotopic (exact) mass is 255 g/mol. The van der Waals surface area contributed by atoms with E-state index in [1.807, 2.05) is 18.7 Å². The number of amides is 2. The molecule has 1 N–H and O–H groups in total. The maximum atomic E-state index is 12.2. The zero-order chi connectivity index (χ0) is 13.9. The molecule has 1 aliphatic rings. The van der Waals surface area contributed by atoms with Crippen molar-refractivity contribution < 1.29 is 9.59 Å². The van der Waals surface area contributed by atoms with Gasteiger partial charge in [0.25, 0.3) is 0 Å². The molecule has 0 atom stereocenters. The number of piperidine rings is 1. The Hall–Kier alpha value is -1.10. The Labute approximate surface area is 110 Å². The molecule has 0 spiro atoms. The van der Waals surface area contributed by atoms with Crippen LogP contribution in [-0.4, -0.2) is 61.4 Å². The molecule has 1 heterocycles. The Morgan fingerprint density at radius 2 is 1.72 bits per heavy atom. The van der Waals surface area contributed by atoms with Gasteiger partial charge < -0.3 is 15.1 Å². The first kappa shape index (κ1) is 15.0. The first-order valence-electron chi connectivity index (χ1n) is 6.49. The van der Waals surface area contributed by atoms with E-state index in [9.17, 15) is 9.59 Å². The van der Waals surface area contributed by atoms with E-state index in [-0.39, 0.29) is 17.7 Å². The van der Waals surface area contributed by atoms with E-state index in [0.29, 0.717) is 13.1 Å². The average molecular weight is 255 g/mol. The van der Waals surface area contributed by atoms with E-state index in [0.717, 1.165) is 12.8 Å². The third kappa shape index (κ3) is 3.22. The molecule has 104 valence electrons. The summed E-state index contributed by atoms with van der Waals surface area (Å²) in [4.78, 5) is 27.6. The van der Waals surface area contributed by atoms with Crippen molar-refractivity contribution in [2.24, 2.45) is 5.92 Å². The normalized spacial score (nSPS) is 17.7. The standard InChI is InChI=1S/C13H25N3O2/c1-13(2,14-3)12(18)16-8-6-10(7-9-16)11(17)15(4)5/h10,14H,6-9H2,1-5H3. The number of nitrogens with zero attached hydrogens (tertiary/aromatic N) is 2. The van der Waals surface area contributed by atoms with Crippen LogP contribution in [0.1, 0.15) is 26.7 Å². The molecule has 0 radical (unpaired) electrons. The highest BCUT2D eigenvalue weighted by molar-refractivity contribution is 5.86. The first-order valence-corrected chi connectivity index (χ1v) is 6.49. The molecule has 0 aromatic rings. The number of hydrogen-bond donors (Lipinski definition) is 1. The Morgan fingerprint density at radius 1 is 1.22 bits per heavy atom. The van der Waals surface area contributed by atoms with E-state index in [1.54, 1.807) is 26.0 Å². The molecule has 0 aromatic carbocycles. The van der Waals surface area contributed by atoms with Gasteiger partial charge in [-0.05, 0) is 33.7 Å². The predicted octanol–water partition coefficient (Wildman–Crippen LogP) is 0.311. The third-order valence-corrected chi connectivity index (χ3v) is 3.73. The van der Waals surface area contributed by atoms with Crippen LogP contribution >= 0.6 is 0 Å². The van der Waals surface area contributed by atoms with E-state index in [1.165, 1.54) is 0 Å². The van der Waals surface area contributed by atoms with Crippen molar-refractivity contribution in [1.29, 1.82) is 0 Å². The summed E-state index contributed by atoms with van der Waals surface area (Å²) in [5.41, 5.74) is -0.529. The second-order valence-electron chi connectivity index (χ2n) is 5.67. The molecule has 0 saturated carbocycles. The van der Waals surface area contributed by atoms with Crippen LogP contribution in [0.25, 0.3) is 0 Å². The number of rotatable bonds is 3. The summed E-state index contributed by atoms with van der Waals surface area (Å²) in [6, 6.07) is 0. The fraction of sp³-hybridized carbons (Fsp3) is 0.846. The molecular formula is C13H25N3O2. The summed E-state index contributed by atoms with van der Waals surface area (Å²) in [6.07, 6.45) is 1.53. The van der Waals surface area contributed by atoms with Crippen LogP contribution in [-0.2, 0) is 9.59 Å². The smallest absolute Gasteiger partial charge is 0.242 e. The van der Waals surface area contributed by atoms with Gasteiger partial charge in [0.2, 0.25) is 11.8 Å². The zero-order valence-corrected chi connectivity index (χ0v) is 12.1. The number of carbonyl (C=O) groups excluding carboxylic acids is 2. The van der Waals surface area contributed by atoms with Crippen LogP contribution in [0.4, 0.5) is 0 Å². The highest BCUT2D eigenvalue weighted by Crippen LogP contribution is 2.21. The van der Waals surface area contributed by atoms with Gasteiger partial charge in [0, 0.05) is 33.1 Å². The summed E-state index contributed by atoms with van der Waals surface area (Å²) in [6.45, 7) is 5.11. The molecule has 1 saturated heterocycles. The number of carbonyl (C=O) groups is 2. The van der Waals surface area contributed by atoms with Crippen molar-refractivity contribution in [1.82, 2.24) is 15.1 Å². The summed E-state index contributed by atoms with van der Waals surface area (Å²) < 4.78 is 0. The van der Waals surface area contributed by atoms with Crippen molar-refractivity contribution in [2.45, 2.75) is 32.2 Å². The van der Waals surface area contributed by atoms with Crippen LogP contribution < -0.4 is 5.32 Å². The van der Waals surface area contributed by atoms with Gasteiger partial charge in [-0.25, -0.2) is 0 Å². The Morgan fingerprint density at radius 3 is 2.11 bits per heavy atom. The maximum Gasteiger partial charge on any atom is 0.242 e. The van der Waals surface area contributed by atoms with Gasteiger partial charge >= 0.3 is 0 Å². The van der Waals surface area contributed by atoms with Crippen LogP contribution in [0.3, 0.4) is 0 Å². The van der Waals surface area contributed by atoms with Gasteiger partial charge in [0.1, 0.15) is 0 Å². The maximum absolute atomic E-state index is 12.2. The van der Waals surface area contributed by atoms with Gasteiger partial charge in [-0.3, -0.25) is 9.59 Å². The van der Waals surface area contributed by atoms with Crippen LogP contribution in [0.5, 0.6) is 0 Å². The van der Waals surface area contributed by atoms with Gasteiger partial charge in [0.05, 0.1) is 5.54 Å². The van der Waals surface area contributed by atoms with Gasteiger partial charge in [-0.15, -0.1) is 0 Å². The van der Waals surface area contributed by atoms with Crippen molar-refractivity contribution in [2.75, 3.05) is 34.2 Å². The van der Waals surface area contributed by atoms with E-state index in [2.05, 4.69) is 5.32 Å². The van der Waals surface area contributed by atoms with E-state index >= 15 is 0 Å². The molecule has 0 bridgehead atoms. The molecule has 1 aliphatic heterocycles. The largest absolute Gasteiger partial charge is 0.349 e. The number of likely N-dealkylation sites (N-methyl/N-ethyl adjacent to an activating group) is 1. The Kier molecular flexibility index (Phi) is 4.73. The molecule has 0 unspecified atom stereocenters. The topological polar surface area (TPSA) is 52.7 Å². The van der Waals surface area contributed by atoms with Crippen LogP contribution in [0.2, 0.25) is 0 Å². The minimum atomic E-state index is -0.529. The van der Waals surface area contributed by atoms with Crippen molar-refractivity contribution >= 4 is 11.8 Å². The highest BCUT2D eigenvalue weighted by atomic mass is 16.2. The van der Waals surface area contributed by atoms with Crippen molar-refractivity contribution in [3.8, 4) is 0 Å². The Bertz CT molecular complexity index is 318. The molecule has 5 nitrogen and oxygen atoms in total. The molecule has 0 aliphatic carbocycles. The molecule has 1 rings (SSSR count). The Balaban J connectivity index is 2.54. The second-order valence-corrected chi connectivity index (χ2v) is 5.67. The quantitative estimate of drug-likeness (QED) is 0.790. The predicted molar refractivity (Wildman–Crippen MR) is 71.1 cm³/mol. The summed E-state index contributed by atoms with van der Waals surface area (Å²) in [5, 5.41) is 3.02. The summed E-state index contributed by atoms with van der Waals surface area (Å²) >= 11 is 0. The first-order chi connectivity index (χ1) is 8.29. The molecule has 0 aromatic heterocycles. The van der Waals surface area contributed by atoms with Crippen LogP contribution in [0, 0.1) is 5.92 Å². The number of likely N-dealkylation sites (tertiary alicyclic amines) is 1. The fourth-order valence-electron chi connectivity index (χ4n) is 2.20. The number of nitrogens with one attached hydrogen (secondary N) is 1. The van der Waals surface area contributed by atoms with Gasteiger partial charge in [-0.2, -0.15) is 0 Å². The van der Waals surface area contributed by atoms with Crippen LogP contribution in [0.15, 0.2) is 0 Å². The second kappa shape index (κ2) is 5.69. The van der Waals surface area contributed by atoms with E-state index in [4.69, 9.17) is 0 Å². The lowest BCUT2D eigenvalue weighted by Crippen LogP contribution is -2.55. The SMILES string of the molecule is CNC(C)(C)C(=O)N1CCC(C(=O)N(C)C)CC1. The molecular weight excluding hydrogens is 230 g/mol. The highest BCUT2D eigenvalue weighted by Gasteiger charge is 2.34. The summed E-state index contributed by atoms with van der Waals surface area (Å²) in [5.74, 6) is 0.359. The molecule has 18 heavy (non-hydrogen) atoms. The van der Waals surface area contributed by atoms with E-state index < -0.39 is 5.54 Å².